The quantitative estimate of drug-likeness (QED) is 0.268. The van der Waals surface area contributed by atoms with Crippen molar-refractivity contribution in [1.29, 1.82) is 5.26 Å². The van der Waals surface area contributed by atoms with Gasteiger partial charge >= 0.3 is 5.97 Å². The van der Waals surface area contributed by atoms with Gasteiger partial charge in [-0.25, -0.2) is 4.39 Å². The lowest BCUT2D eigenvalue weighted by molar-refractivity contribution is -0.142. The van der Waals surface area contributed by atoms with E-state index in [2.05, 4.69) is 16.0 Å². The van der Waals surface area contributed by atoms with Crippen LogP contribution in [0.3, 0.4) is 0 Å². The smallest absolute Gasteiger partial charge is 0.313 e. The summed E-state index contributed by atoms with van der Waals surface area (Å²) in [7, 11) is 1.70. The summed E-state index contributed by atoms with van der Waals surface area (Å²) < 4.78 is 13.7. The molecule has 0 saturated heterocycles. The first kappa shape index (κ1) is 28.3. The standard InChI is InChI=1S/C23H29FN4O2.C6H6/c1-23(2,22(29)30)18-7-4-6-16(12-18)8-11-27-9-5-10-28-20-14-19(24)13-17(15-25)21(20)26-3;1-2-4-6-5-3-1/h4,6-7,12-14,26-28H,5,8-11H2,1-3H3,(H,29,30);1-6H. The van der Waals surface area contributed by atoms with E-state index in [0.717, 1.165) is 37.1 Å². The van der Waals surface area contributed by atoms with Crippen molar-refractivity contribution in [3.63, 3.8) is 0 Å². The number of nitriles is 1. The Morgan fingerprint density at radius 2 is 1.67 bits per heavy atom. The van der Waals surface area contributed by atoms with Crippen molar-refractivity contribution in [2.24, 2.45) is 0 Å². The molecule has 0 fully saturated rings. The normalized spacial score (nSPS) is 10.5. The highest BCUT2D eigenvalue weighted by Gasteiger charge is 2.29. The average molecular weight is 491 g/mol. The third-order valence-electron chi connectivity index (χ3n) is 5.76. The van der Waals surface area contributed by atoms with Gasteiger partial charge in [0.2, 0.25) is 0 Å². The molecule has 3 aromatic carbocycles. The van der Waals surface area contributed by atoms with E-state index < -0.39 is 17.2 Å². The summed E-state index contributed by atoms with van der Waals surface area (Å²) in [4.78, 5) is 11.4. The second-order valence-corrected chi connectivity index (χ2v) is 8.80. The summed E-state index contributed by atoms with van der Waals surface area (Å²) in [6.07, 6.45) is 1.63. The van der Waals surface area contributed by atoms with E-state index in [0.29, 0.717) is 17.9 Å². The molecule has 4 N–H and O–H groups in total. The van der Waals surface area contributed by atoms with E-state index >= 15 is 0 Å². The lowest BCUT2D eigenvalue weighted by Gasteiger charge is -2.20. The van der Waals surface area contributed by atoms with Crippen LogP contribution in [-0.2, 0) is 16.6 Å². The number of rotatable bonds is 11. The topological polar surface area (TPSA) is 97.2 Å². The van der Waals surface area contributed by atoms with Gasteiger partial charge in [0.1, 0.15) is 11.9 Å². The maximum atomic E-state index is 13.7. The van der Waals surface area contributed by atoms with Crippen LogP contribution in [0.25, 0.3) is 0 Å². The number of nitrogens with one attached hydrogen (secondary N) is 3. The second-order valence-electron chi connectivity index (χ2n) is 8.80. The maximum Gasteiger partial charge on any atom is 0.313 e. The van der Waals surface area contributed by atoms with Crippen molar-refractivity contribution in [2.75, 3.05) is 37.3 Å². The van der Waals surface area contributed by atoms with Crippen LogP contribution in [0.5, 0.6) is 0 Å². The summed E-state index contributed by atoms with van der Waals surface area (Å²) in [5.41, 5.74) is 2.41. The monoisotopic (exact) mass is 490 g/mol. The number of nitrogens with zero attached hydrogens (tertiary/aromatic N) is 1. The summed E-state index contributed by atoms with van der Waals surface area (Å²) in [6.45, 7) is 5.60. The molecule has 0 aliphatic carbocycles. The lowest BCUT2D eigenvalue weighted by atomic mass is 9.84. The van der Waals surface area contributed by atoms with E-state index in [9.17, 15) is 14.3 Å². The molecule has 0 amide bonds. The summed E-state index contributed by atoms with van der Waals surface area (Å²) in [5, 5.41) is 28.0. The number of halogens is 1. The molecule has 0 saturated carbocycles. The molecule has 3 aromatic rings. The van der Waals surface area contributed by atoms with Crippen molar-refractivity contribution in [2.45, 2.75) is 32.1 Å². The first-order chi connectivity index (χ1) is 17.3. The molecule has 3 rings (SSSR count). The molecule has 190 valence electrons. The minimum absolute atomic E-state index is 0.270. The van der Waals surface area contributed by atoms with Crippen LogP contribution in [0.15, 0.2) is 72.8 Å². The second kappa shape index (κ2) is 14.5. The predicted molar refractivity (Wildman–Crippen MR) is 144 cm³/mol. The fourth-order valence-electron chi connectivity index (χ4n) is 3.52. The lowest BCUT2D eigenvalue weighted by Crippen LogP contribution is -2.28. The SMILES string of the molecule is CNc1c(C#N)cc(F)cc1NCCCNCCc1cccc(C(C)(C)C(=O)O)c1.c1ccccc1. The fraction of sp³-hybridized carbons (Fsp3) is 0.310. The van der Waals surface area contributed by atoms with E-state index in [-0.39, 0.29) is 5.56 Å². The molecule has 0 heterocycles. The van der Waals surface area contributed by atoms with Crippen molar-refractivity contribution >= 4 is 17.3 Å². The molecular formula is C29H35FN4O2. The van der Waals surface area contributed by atoms with E-state index in [1.165, 1.54) is 12.1 Å². The number of aliphatic carboxylic acids is 1. The number of anilines is 2. The molecule has 0 unspecified atom stereocenters. The zero-order valence-electron chi connectivity index (χ0n) is 21.1. The van der Waals surface area contributed by atoms with Gasteiger partial charge in [0.05, 0.1) is 22.4 Å². The molecular weight excluding hydrogens is 455 g/mol. The summed E-state index contributed by atoms with van der Waals surface area (Å²) >= 11 is 0. The van der Waals surface area contributed by atoms with Gasteiger partial charge in [-0.05, 0) is 63.0 Å². The molecule has 0 atom stereocenters. The van der Waals surface area contributed by atoms with Crippen LogP contribution in [0.1, 0.15) is 37.0 Å². The van der Waals surface area contributed by atoms with Gasteiger partial charge in [0.25, 0.3) is 0 Å². The number of hydrogen-bond acceptors (Lipinski definition) is 5. The van der Waals surface area contributed by atoms with E-state index in [4.69, 9.17) is 5.26 Å². The molecule has 0 radical (unpaired) electrons. The Balaban J connectivity index is 0.000000662. The van der Waals surface area contributed by atoms with Gasteiger partial charge < -0.3 is 21.1 Å². The van der Waals surface area contributed by atoms with E-state index in [1.54, 1.807) is 20.9 Å². The Bertz CT molecular complexity index is 1120. The van der Waals surface area contributed by atoms with Crippen LogP contribution in [0, 0.1) is 17.1 Å². The summed E-state index contributed by atoms with van der Waals surface area (Å²) in [5.74, 6) is -1.29. The van der Waals surface area contributed by atoms with Gasteiger partial charge in [0.15, 0.2) is 0 Å². The predicted octanol–water partition coefficient (Wildman–Crippen LogP) is 5.42. The van der Waals surface area contributed by atoms with Gasteiger partial charge in [-0.1, -0.05) is 60.7 Å². The van der Waals surface area contributed by atoms with Gasteiger partial charge in [-0.3, -0.25) is 4.79 Å². The largest absolute Gasteiger partial charge is 0.481 e. The molecule has 0 aromatic heterocycles. The molecule has 0 aliphatic heterocycles. The molecule has 0 bridgehead atoms. The van der Waals surface area contributed by atoms with Crippen LogP contribution in [-0.4, -0.2) is 37.8 Å². The Hall–Kier alpha value is -3.89. The van der Waals surface area contributed by atoms with Crippen molar-refractivity contribution < 1.29 is 14.3 Å². The first-order valence-electron chi connectivity index (χ1n) is 12.0. The van der Waals surface area contributed by atoms with Gasteiger partial charge in [-0.2, -0.15) is 5.26 Å². The zero-order chi connectivity index (χ0) is 26.4. The first-order valence-corrected chi connectivity index (χ1v) is 12.0. The Labute approximate surface area is 213 Å². The molecule has 6 nitrogen and oxygen atoms in total. The Kier molecular flexibility index (Phi) is 11.4. The molecule has 0 aliphatic rings. The molecule has 7 heteroatoms. The number of carboxylic acids is 1. The van der Waals surface area contributed by atoms with Gasteiger partial charge in [0, 0.05) is 13.6 Å². The van der Waals surface area contributed by atoms with Crippen molar-refractivity contribution in [3.05, 3.63) is 95.3 Å². The highest BCUT2D eigenvalue weighted by atomic mass is 19.1. The Morgan fingerprint density at radius 1 is 1.00 bits per heavy atom. The number of carbonyl (C=O) groups is 1. The highest BCUT2D eigenvalue weighted by Crippen LogP contribution is 2.27. The maximum absolute atomic E-state index is 13.7. The van der Waals surface area contributed by atoms with Crippen LogP contribution >= 0.6 is 0 Å². The molecule has 36 heavy (non-hydrogen) atoms. The fourth-order valence-corrected chi connectivity index (χ4v) is 3.52. The average Bonchev–Trinajstić information content (AvgIpc) is 2.89. The minimum Gasteiger partial charge on any atom is -0.481 e. The van der Waals surface area contributed by atoms with Crippen molar-refractivity contribution in [3.8, 4) is 6.07 Å². The van der Waals surface area contributed by atoms with E-state index in [1.807, 2.05) is 66.7 Å². The van der Waals surface area contributed by atoms with Crippen LogP contribution in [0.2, 0.25) is 0 Å². The van der Waals surface area contributed by atoms with Crippen molar-refractivity contribution in [1.82, 2.24) is 5.32 Å². The third-order valence-corrected chi connectivity index (χ3v) is 5.76. The highest BCUT2D eigenvalue weighted by molar-refractivity contribution is 5.80. The number of hydrogen-bond donors (Lipinski definition) is 4. The minimum atomic E-state index is -0.913. The molecule has 0 spiro atoms. The third kappa shape index (κ3) is 8.71. The number of benzene rings is 3. The zero-order valence-corrected chi connectivity index (χ0v) is 21.1. The number of carboxylic acid groups (broad SMARTS) is 1. The summed E-state index contributed by atoms with van der Waals surface area (Å²) in [6, 6.07) is 24.3. The van der Waals surface area contributed by atoms with Crippen LogP contribution < -0.4 is 16.0 Å². The van der Waals surface area contributed by atoms with Crippen LogP contribution in [0.4, 0.5) is 15.8 Å². The van der Waals surface area contributed by atoms with Gasteiger partial charge in [-0.15, -0.1) is 0 Å². The Morgan fingerprint density at radius 3 is 2.25 bits per heavy atom.